The Morgan fingerprint density at radius 2 is 2.21 bits per heavy atom. The Morgan fingerprint density at radius 3 is 2.83 bits per heavy atom. The monoisotopic (exact) mass is 380 g/mol. The van der Waals surface area contributed by atoms with E-state index in [2.05, 4.69) is 9.98 Å². The lowest BCUT2D eigenvalue weighted by atomic mass is 9.99. The van der Waals surface area contributed by atoms with Gasteiger partial charge in [0.25, 0.3) is 0 Å². The summed E-state index contributed by atoms with van der Waals surface area (Å²) >= 11 is 8.84. The van der Waals surface area contributed by atoms with Crippen molar-refractivity contribution in [1.82, 2.24) is 9.88 Å². The molecule has 0 aliphatic carbocycles. The van der Waals surface area contributed by atoms with Crippen molar-refractivity contribution in [3.8, 4) is 0 Å². The molecular weight excluding hydrogens is 366 g/mol. The molecule has 1 N–H and O–H groups in total. The first-order valence-corrected chi connectivity index (χ1v) is 9.43. The minimum absolute atomic E-state index is 0.0663. The van der Waals surface area contributed by atoms with Crippen LogP contribution in [0, 0.1) is 0 Å². The molecule has 24 heavy (non-hydrogen) atoms. The third kappa shape index (κ3) is 3.53. The van der Waals surface area contributed by atoms with E-state index in [-0.39, 0.29) is 11.9 Å². The van der Waals surface area contributed by atoms with Crippen molar-refractivity contribution < 1.29 is 14.6 Å². The van der Waals surface area contributed by atoms with Crippen LogP contribution in [0.4, 0.5) is 0 Å². The maximum atomic E-state index is 12.7. The third-order valence-corrected chi connectivity index (χ3v) is 6.11. The molecule has 0 bridgehead atoms. The van der Waals surface area contributed by atoms with Gasteiger partial charge in [-0.05, 0) is 17.3 Å². The first kappa shape index (κ1) is 17.1. The number of halogens is 1. The molecule has 0 spiro atoms. The smallest absolute Gasteiger partial charge is 0.302 e. The number of hydrogen-bond donors (Lipinski definition) is 1. The van der Waals surface area contributed by atoms with E-state index in [1.165, 1.54) is 16.2 Å². The molecule has 0 saturated heterocycles. The van der Waals surface area contributed by atoms with Crippen molar-refractivity contribution in [2.75, 3.05) is 12.8 Å². The van der Waals surface area contributed by atoms with Crippen LogP contribution < -0.4 is 4.99 Å². The topological polar surface area (TPSA) is 64.2 Å². The van der Waals surface area contributed by atoms with E-state index in [9.17, 15) is 9.59 Å². The van der Waals surface area contributed by atoms with Gasteiger partial charge in [-0.3, -0.25) is 4.99 Å². The zero-order valence-corrected chi connectivity index (χ0v) is 15.2. The van der Waals surface area contributed by atoms with Gasteiger partial charge in [0.1, 0.15) is 18.2 Å². The van der Waals surface area contributed by atoms with Crippen molar-refractivity contribution in [2.45, 2.75) is 12.0 Å². The van der Waals surface area contributed by atoms with Gasteiger partial charge >= 0.3 is 11.1 Å². The highest BCUT2D eigenvalue weighted by Gasteiger charge is 2.36. The van der Waals surface area contributed by atoms with Crippen LogP contribution in [0.1, 0.15) is 22.4 Å². The normalized spacial score (nSPS) is 18.1. The average Bonchev–Trinajstić information content (AvgIpc) is 3.24. The van der Waals surface area contributed by atoms with Crippen LogP contribution in [0.3, 0.4) is 0 Å². The number of amides is 1. The Balaban J connectivity index is 1.77. The van der Waals surface area contributed by atoms with Gasteiger partial charge in [-0.15, -0.1) is 11.3 Å². The van der Waals surface area contributed by atoms with Gasteiger partial charge in [-0.1, -0.05) is 41.9 Å². The van der Waals surface area contributed by atoms with Crippen LogP contribution in [0.2, 0.25) is 4.47 Å². The lowest BCUT2D eigenvalue weighted by Gasteiger charge is -2.13. The summed E-state index contributed by atoms with van der Waals surface area (Å²) in [6.45, 7) is 0. The number of aldehydes is 1. The quantitative estimate of drug-likeness (QED) is 0.644. The van der Waals surface area contributed by atoms with Crippen LogP contribution in [-0.4, -0.2) is 40.0 Å². The first-order valence-electron chi connectivity index (χ1n) is 7.25. The van der Waals surface area contributed by atoms with Crippen LogP contribution >= 0.6 is 34.7 Å². The predicted octanol–water partition coefficient (Wildman–Crippen LogP) is 1.46. The summed E-state index contributed by atoms with van der Waals surface area (Å²) in [5.74, 6) is -0.278. The fourth-order valence-electron chi connectivity index (χ4n) is 2.42. The summed E-state index contributed by atoms with van der Waals surface area (Å²) in [7, 11) is 1.68. The van der Waals surface area contributed by atoms with Gasteiger partial charge in [0.05, 0.1) is 17.7 Å². The van der Waals surface area contributed by atoms with E-state index in [1.54, 1.807) is 37.1 Å². The number of nitrogens with zero attached hydrogens (tertiary/aromatic N) is 2. The highest BCUT2D eigenvalue weighted by atomic mass is 35.5. The van der Waals surface area contributed by atoms with Crippen molar-refractivity contribution >= 4 is 52.1 Å². The Hall–Kier alpha value is -1.70. The summed E-state index contributed by atoms with van der Waals surface area (Å²) in [4.78, 5) is 34.0. The molecule has 1 aromatic heterocycles. The van der Waals surface area contributed by atoms with Crippen molar-refractivity contribution in [3.63, 3.8) is 0 Å². The molecule has 1 aliphatic rings. The molecule has 8 heteroatoms. The average molecular weight is 381 g/mol. The van der Waals surface area contributed by atoms with Gasteiger partial charge < -0.3 is 4.79 Å². The second-order valence-corrected chi connectivity index (χ2v) is 7.90. The SMILES string of the molecule is CN(C(=O)C(C=O)c1ccccc1)C1=[NH+]C(c2cnc(Cl)s2)CS1. The Morgan fingerprint density at radius 1 is 1.46 bits per heavy atom. The second-order valence-electron chi connectivity index (χ2n) is 5.25. The molecule has 0 radical (unpaired) electrons. The summed E-state index contributed by atoms with van der Waals surface area (Å²) in [5.41, 5.74) is 0.693. The second kappa shape index (κ2) is 7.46. The number of thioether (sulfide) groups is 1. The van der Waals surface area contributed by atoms with E-state index >= 15 is 0 Å². The lowest BCUT2D eigenvalue weighted by Crippen LogP contribution is -2.74. The number of carbonyl (C=O) groups is 2. The highest BCUT2D eigenvalue weighted by Crippen LogP contribution is 2.27. The molecular formula is C16H15ClN3O2S2+. The molecule has 2 aromatic rings. The standard InChI is InChI=1S/C16H14ClN3O2S2/c1-20(14(22)11(8-21)10-5-3-2-4-6-10)16-19-12(9-23-16)13-7-18-15(17)24-13/h2-8,11-12H,9H2,1H3/p+1. The van der Waals surface area contributed by atoms with Crippen molar-refractivity contribution in [2.24, 2.45) is 0 Å². The zero-order chi connectivity index (χ0) is 17.1. The molecule has 5 nitrogen and oxygen atoms in total. The van der Waals surface area contributed by atoms with E-state index in [1.807, 2.05) is 18.2 Å². The van der Waals surface area contributed by atoms with Crippen molar-refractivity contribution in [3.05, 3.63) is 51.4 Å². The van der Waals surface area contributed by atoms with Gasteiger partial charge in [0.15, 0.2) is 4.47 Å². The van der Waals surface area contributed by atoms with E-state index in [0.717, 1.165) is 15.8 Å². The van der Waals surface area contributed by atoms with Crippen LogP contribution in [0.25, 0.3) is 0 Å². The largest absolute Gasteiger partial charge is 0.324 e. The van der Waals surface area contributed by atoms with E-state index in [4.69, 9.17) is 11.6 Å². The Labute approximate surface area is 152 Å². The fraction of sp³-hybridized carbons (Fsp3) is 0.250. The molecule has 124 valence electrons. The number of benzene rings is 1. The summed E-state index contributed by atoms with van der Waals surface area (Å²) in [6, 6.07) is 9.13. The predicted molar refractivity (Wildman–Crippen MR) is 96.3 cm³/mol. The number of carbonyl (C=O) groups excluding carboxylic acids is 2. The number of rotatable bonds is 4. The molecule has 1 aliphatic heterocycles. The molecule has 2 atom stereocenters. The number of likely N-dealkylation sites (N-methyl/N-ethyl adjacent to an activating group) is 1. The van der Waals surface area contributed by atoms with Crippen molar-refractivity contribution in [1.29, 1.82) is 0 Å². The summed E-state index contributed by atoms with van der Waals surface area (Å²) in [6.07, 6.45) is 2.43. The zero-order valence-electron chi connectivity index (χ0n) is 12.8. The van der Waals surface area contributed by atoms with Gasteiger partial charge in [-0.2, -0.15) is 4.90 Å². The van der Waals surface area contributed by atoms with Gasteiger partial charge in [0, 0.05) is 6.20 Å². The maximum absolute atomic E-state index is 12.7. The van der Waals surface area contributed by atoms with Gasteiger partial charge in [0.2, 0.25) is 0 Å². The van der Waals surface area contributed by atoms with Gasteiger partial charge in [-0.25, -0.2) is 9.78 Å². The van der Waals surface area contributed by atoms with Crippen LogP contribution in [-0.2, 0) is 9.59 Å². The molecule has 0 saturated carbocycles. The number of nitrogens with one attached hydrogen (secondary N) is 1. The molecule has 1 amide bonds. The van der Waals surface area contributed by atoms with Crippen LogP contribution in [0.15, 0.2) is 36.5 Å². The van der Waals surface area contributed by atoms with E-state index < -0.39 is 5.92 Å². The third-order valence-electron chi connectivity index (χ3n) is 3.72. The highest BCUT2D eigenvalue weighted by molar-refractivity contribution is 8.13. The number of thiazole rings is 1. The Kier molecular flexibility index (Phi) is 5.33. The van der Waals surface area contributed by atoms with Crippen LogP contribution in [0.5, 0.6) is 0 Å². The minimum Gasteiger partial charge on any atom is -0.302 e. The maximum Gasteiger partial charge on any atom is 0.324 e. The first-order chi connectivity index (χ1) is 11.6. The number of amidine groups is 1. The summed E-state index contributed by atoms with van der Waals surface area (Å²) in [5, 5.41) is 0.734. The molecule has 2 heterocycles. The fourth-order valence-corrected chi connectivity index (χ4v) is 4.62. The number of hydrogen-bond acceptors (Lipinski definition) is 5. The Bertz CT molecular complexity index is 779. The number of aromatic nitrogens is 1. The van der Waals surface area contributed by atoms with E-state index in [0.29, 0.717) is 16.3 Å². The molecule has 0 fully saturated rings. The summed E-state index contributed by atoms with van der Waals surface area (Å²) < 4.78 is 0.500. The molecule has 2 unspecified atom stereocenters. The lowest BCUT2D eigenvalue weighted by molar-refractivity contribution is -0.500. The minimum atomic E-state index is -0.803. The molecule has 3 rings (SSSR count). The molecule has 1 aromatic carbocycles.